The molecule has 1 N–H and O–H groups in total. The standard InChI is InChI=1S/C18H23N3O2/c1-12-5-8-16(21(11-12)17(22)23-18(2,3)4)13-6-7-15-14(9-13)10-19-20-15/h6-10,12H,5,11H2,1-4H3,(H,19,20)/t12-/m0/s1. The number of nitrogens with one attached hydrogen (secondary N) is 1. The van der Waals surface area contributed by atoms with Crippen LogP contribution in [0, 0.1) is 5.92 Å². The largest absolute Gasteiger partial charge is 0.443 e. The predicted molar refractivity (Wildman–Crippen MR) is 90.8 cm³/mol. The van der Waals surface area contributed by atoms with Crippen LogP contribution in [-0.4, -0.2) is 33.3 Å². The van der Waals surface area contributed by atoms with E-state index in [-0.39, 0.29) is 6.09 Å². The van der Waals surface area contributed by atoms with Crippen molar-refractivity contribution in [3.63, 3.8) is 0 Å². The summed E-state index contributed by atoms with van der Waals surface area (Å²) in [5.74, 6) is 0.420. The second-order valence-corrected chi connectivity index (χ2v) is 7.19. The van der Waals surface area contributed by atoms with Crippen molar-refractivity contribution in [1.82, 2.24) is 15.1 Å². The van der Waals surface area contributed by atoms with E-state index < -0.39 is 5.60 Å². The average molecular weight is 313 g/mol. The van der Waals surface area contributed by atoms with Gasteiger partial charge in [0, 0.05) is 11.9 Å². The van der Waals surface area contributed by atoms with Crippen molar-refractivity contribution in [2.75, 3.05) is 6.54 Å². The number of H-pyrrole nitrogens is 1. The van der Waals surface area contributed by atoms with Crippen molar-refractivity contribution in [1.29, 1.82) is 0 Å². The van der Waals surface area contributed by atoms with Crippen LogP contribution < -0.4 is 0 Å². The molecule has 2 aromatic rings. The summed E-state index contributed by atoms with van der Waals surface area (Å²) in [6.45, 7) is 8.48. The molecule has 1 atom stereocenters. The molecule has 3 rings (SSSR count). The highest BCUT2D eigenvalue weighted by Gasteiger charge is 2.29. The number of hydrogen-bond donors (Lipinski definition) is 1. The average Bonchev–Trinajstić information content (AvgIpc) is 2.92. The number of allylic oxidation sites excluding steroid dienone is 1. The van der Waals surface area contributed by atoms with Gasteiger partial charge in [-0.05, 0) is 50.8 Å². The van der Waals surface area contributed by atoms with Crippen molar-refractivity contribution in [2.45, 2.75) is 39.7 Å². The molecule has 5 nitrogen and oxygen atoms in total. The van der Waals surface area contributed by atoms with Gasteiger partial charge >= 0.3 is 6.09 Å². The van der Waals surface area contributed by atoms with Gasteiger partial charge in [0.15, 0.2) is 0 Å². The summed E-state index contributed by atoms with van der Waals surface area (Å²) in [5.41, 5.74) is 2.41. The van der Waals surface area contributed by atoms with E-state index in [1.807, 2.05) is 32.9 Å². The Bertz CT molecular complexity index is 755. The lowest BCUT2D eigenvalue weighted by Crippen LogP contribution is -2.39. The highest BCUT2D eigenvalue weighted by atomic mass is 16.6. The molecule has 1 aromatic carbocycles. The first kappa shape index (κ1) is 15.6. The Morgan fingerprint density at radius 3 is 2.91 bits per heavy atom. The molecule has 0 bridgehead atoms. The van der Waals surface area contributed by atoms with Crippen LogP contribution in [0.15, 0.2) is 30.5 Å². The molecule has 1 aromatic heterocycles. The predicted octanol–water partition coefficient (Wildman–Crippen LogP) is 4.18. The molecular weight excluding hydrogens is 290 g/mol. The topological polar surface area (TPSA) is 58.2 Å². The molecule has 0 spiro atoms. The van der Waals surface area contributed by atoms with Crippen LogP contribution in [0.3, 0.4) is 0 Å². The molecule has 0 saturated heterocycles. The number of ether oxygens (including phenoxy) is 1. The maximum Gasteiger partial charge on any atom is 0.414 e. The number of fused-ring (bicyclic) bond motifs is 1. The van der Waals surface area contributed by atoms with Crippen molar-refractivity contribution < 1.29 is 9.53 Å². The van der Waals surface area contributed by atoms with Gasteiger partial charge in [0.2, 0.25) is 0 Å². The van der Waals surface area contributed by atoms with E-state index in [0.717, 1.165) is 28.6 Å². The molecule has 23 heavy (non-hydrogen) atoms. The first-order valence-corrected chi connectivity index (χ1v) is 7.98. The van der Waals surface area contributed by atoms with Crippen LogP contribution in [0.5, 0.6) is 0 Å². The Balaban J connectivity index is 1.95. The highest BCUT2D eigenvalue weighted by molar-refractivity contribution is 5.87. The van der Waals surface area contributed by atoms with E-state index in [2.05, 4.69) is 29.3 Å². The monoisotopic (exact) mass is 313 g/mol. The van der Waals surface area contributed by atoms with Crippen LogP contribution in [0.4, 0.5) is 4.79 Å². The van der Waals surface area contributed by atoms with Crippen LogP contribution >= 0.6 is 0 Å². The van der Waals surface area contributed by atoms with E-state index in [1.165, 1.54) is 0 Å². The van der Waals surface area contributed by atoms with Gasteiger partial charge in [0.25, 0.3) is 0 Å². The zero-order chi connectivity index (χ0) is 16.6. The van der Waals surface area contributed by atoms with Crippen molar-refractivity contribution in [3.05, 3.63) is 36.0 Å². The third kappa shape index (κ3) is 3.38. The Kier molecular flexibility index (Phi) is 3.88. The molecule has 0 unspecified atom stereocenters. The fourth-order valence-electron chi connectivity index (χ4n) is 2.77. The molecule has 0 saturated carbocycles. The number of hydrogen-bond acceptors (Lipinski definition) is 3. The third-order valence-electron chi connectivity index (χ3n) is 3.85. The first-order valence-electron chi connectivity index (χ1n) is 7.98. The summed E-state index contributed by atoms with van der Waals surface area (Å²) < 4.78 is 5.58. The maximum atomic E-state index is 12.6. The zero-order valence-corrected chi connectivity index (χ0v) is 14.1. The third-order valence-corrected chi connectivity index (χ3v) is 3.85. The minimum absolute atomic E-state index is 0.289. The molecule has 1 aliphatic heterocycles. The van der Waals surface area contributed by atoms with E-state index in [9.17, 15) is 4.79 Å². The van der Waals surface area contributed by atoms with Crippen molar-refractivity contribution in [2.24, 2.45) is 5.92 Å². The molecule has 2 heterocycles. The van der Waals surface area contributed by atoms with Crippen molar-refractivity contribution in [3.8, 4) is 0 Å². The minimum Gasteiger partial charge on any atom is -0.443 e. The fourth-order valence-corrected chi connectivity index (χ4v) is 2.77. The van der Waals surface area contributed by atoms with Gasteiger partial charge in [-0.25, -0.2) is 4.79 Å². The van der Waals surface area contributed by atoms with Crippen molar-refractivity contribution >= 4 is 22.7 Å². The molecule has 0 radical (unpaired) electrons. The van der Waals surface area contributed by atoms with Crippen LogP contribution in [0.2, 0.25) is 0 Å². The summed E-state index contributed by atoms with van der Waals surface area (Å²) in [4.78, 5) is 14.4. The molecule has 0 fully saturated rings. The molecular formula is C18H23N3O2. The minimum atomic E-state index is -0.503. The SMILES string of the molecule is C[C@H]1CC=C(c2ccc3[nH]ncc3c2)N(C(=O)OC(C)(C)C)C1. The van der Waals surface area contributed by atoms with Gasteiger partial charge in [-0.1, -0.05) is 19.1 Å². The number of nitrogens with zero attached hydrogens (tertiary/aromatic N) is 2. The summed E-state index contributed by atoms with van der Waals surface area (Å²) in [6.07, 6.45) is 4.59. The maximum absolute atomic E-state index is 12.6. The van der Waals surface area contributed by atoms with Gasteiger partial charge in [0.05, 0.1) is 17.4 Å². The van der Waals surface area contributed by atoms with E-state index in [0.29, 0.717) is 12.5 Å². The lowest BCUT2D eigenvalue weighted by molar-refractivity contribution is 0.0327. The number of carbonyl (C=O) groups is 1. The highest BCUT2D eigenvalue weighted by Crippen LogP contribution is 2.30. The number of aromatic amines is 1. The summed E-state index contributed by atoms with van der Waals surface area (Å²) in [5, 5.41) is 8.03. The summed E-state index contributed by atoms with van der Waals surface area (Å²) in [6, 6.07) is 6.06. The zero-order valence-electron chi connectivity index (χ0n) is 14.1. The second-order valence-electron chi connectivity index (χ2n) is 7.19. The lowest BCUT2D eigenvalue weighted by atomic mass is 9.98. The van der Waals surface area contributed by atoms with Gasteiger partial charge in [0.1, 0.15) is 5.60 Å². The number of rotatable bonds is 1. The van der Waals surface area contributed by atoms with Gasteiger partial charge in [-0.3, -0.25) is 10.00 Å². The fraction of sp³-hybridized carbons (Fsp3) is 0.444. The number of amides is 1. The Labute approximate surface area is 136 Å². The number of aromatic nitrogens is 2. The summed E-state index contributed by atoms with van der Waals surface area (Å²) >= 11 is 0. The molecule has 5 heteroatoms. The van der Waals surface area contributed by atoms with Gasteiger partial charge < -0.3 is 4.74 Å². The summed E-state index contributed by atoms with van der Waals surface area (Å²) in [7, 11) is 0. The molecule has 1 aliphatic rings. The van der Waals surface area contributed by atoms with Gasteiger partial charge in [-0.15, -0.1) is 0 Å². The molecule has 1 amide bonds. The van der Waals surface area contributed by atoms with Crippen LogP contribution in [0.1, 0.15) is 39.7 Å². The van der Waals surface area contributed by atoms with Crippen LogP contribution in [-0.2, 0) is 4.74 Å². The second kappa shape index (κ2) is 5.72. The Morgan fingerprint density at radius 1 is 1.39 bits per heavy atom. The van der Waals surface area contributed by atoms with E-state index in [4.69, 9.17) is 4.74 Å². The molecule has 0 aliphatic carbocycles. The molecule has 122 valence electrons. The number of benzene rings is 1. The Hall–Kier alpha value is -2.30. The number of carbonyl (C=O) groups excluding carboxylic acids is 1. The first-order chi connectivity index (χ1) is 10.8. The van der Waals surface area contributed by atoms with Gasteiger partial charge in [-0.2, -0.15) is 5.10 Å². The quantitative estimate of drug-likeness (QED) is 0.859. The van der Waals surface area contributed by atoms with Crippen LogP contribution in [0.25, 0.3) is 16.6 Å². The smallest absolute Gasteiger partial charge is 0.414 e. The normalized spacial score (nSPS) is 18.9. The lowest BCUT2D eigenvalue weighted by Gasteiger charge is -2.33. The Morgan fingerprint density at radius 2 is 2.17 bits per heavy atom. The van der Waals surface area contributed by atoms with E-state index in [1.54, 1.807) is 11.1 Å². The van der Waals surface area contributed by atoms with E-state index >= 15 is 0 Å².